The van der Waals surface area contributed by atoms with Gasteiger partial charge in [-0.1, -0.05) is 30.0 Å². The molecule has 0 N–H and O–H groups in total. The average Bonchev–Trinajstić information content (AvgIpc) is 2.66. The number of benzene rings is 1. The van der Waals surface area contributed by atoms with Crippen molar-refractivity contribution in [2.24, 2.45) is 0 Å². The van der Waals surface area contributed by atoms with Gasteiger partial charge in [-0.15, -0.1) is 5.75 Å². The summed E-state index contributed by atoms with van der Waals surface area (Å²) in [6.45, 7) is 2.24. The molecule has 6 nitrogen and oxygen atoms in total. The Morgan fingerprint density at radius 3 is 2.75 bits per heavy atom. The van der Waals surface area contributed by atoms with Gasteiger partial charge in [0, 0.05) is 18.7 Å². The third-order valence-electron chi connectivity index (χ3n) is 2.68. The molecular weight excluding hydrogens is 300 g/mol. The molecule has 1 heterocycles. The van der Waals surface area contributed by atoms with E-state index in [4.69, 9.17) is 12.2 Å². The van der Waals surface area contributed by atoms with E-state index in [0.717, 1.165) is 30.0 Å². The van der Waals surface area contributed by atoms with Crippen molar-refractivity contribution in [1.29, 1.82) is 0 Å². The second kappa shape index (κ2) is 5.59. The summed E-state index contributed by atoms with van der Waals surface area (Å²) in [5.41, 5.74) is -0.0855. The van der Waals surface area contributed by atoms with E-state index in [-0.39, 0.29) is 22.9 Å². The molecule has 1 aromatic rings. The van der Waals surface area contributed by atoms with E-state index in [1.165, 1.54) is 11.0 Å². The van der Waals surface area contributed by atoms with Crippen molar-refractivity contribution in [3.8, 4) is 5.75 Å². The maximum Gasteiger partial charge on any atom is 0.269 e. The highest BCUT2D eigenvalue weighted by molar-refractivity contribution is 8.26. The first kappa shape index (κ1) is 14.5. The van der Waals surface area contributed by atoms with Crippen LogP contribution in [0.2, 0.25) is 0 Å². The van der Waals surface area contributed by atoms with Gasteiger partial charge < -0.3 is 5.11 Å². The molecule has 1 aromatic carbocycles. The summed E-state index contributed by atoms with van der Waals surface area (Å²) in [5, 5.41) is 22.4. The number of carbonyl (C=O) groups is 1. The standard InChI is InChI=1S/C12H10N2O4S2/c1-2-13-11(16)10(20-12(13)19)6-7-5-8(14(17)18)3-4-9(7)15/h3-6,15H,2H2,1H3/p-1/b10-6-. The molecule has 0 radical (unpaired) electrons. The number of non-ortho nitro benzene ring substituents is 1. The fourth-order valence-corrected chi connectivity index (χ4v) is 3.05. The lowest BCUT2D eigenvalue weighted by atomic mass is 10.1. The minimum absolute atomic E-state index is 0.107. The van der Waals surface area contributed by atoms with Gasteiger partial charge >= 0.3 is 0 Å². The van der Waals surface area contributed by atoms with Crippen molar-refractivity contribution < 1.29 is 14.8 Å². The van der Waals surface area contributed by atoms with Crippen molar-refractivity contribution in [1.82, 2.24) is 4.90 Å². The van der Waals surface area contributed by atoms with Crippen molar-refractivity contribution in [3.63, 3.8) is 0 Å². The number of hydrogen-bond donors (Lipinski definition) is 0. The zero-order valence-corrected chi connectivity index (χ0v) is 12.0. The Morgan fingerprint density at radius 2 is 2.20 bits per heavy atom. The molecule has 0 spiro atoms. The summed E-state index contributed by atoms with van der Waals surface area (Å²) in [5.74, 6) is -0.661. The van der Waals surface area contributed by atoms with E-state index >= 15 is 0 Å². The molecule has 0 saturated carbocycles. The van der Waals surface area contributed by atoms with Gasteiger partial charge in [-0.2, -0.15) is 0 Å². The first-order valence-corrected chi connectivity index (χ1v) is 6.87. The number of rotatable bonds is 3. The summed E-state index contributed by atoms with van der Waals surface area (Å²) in [6.07, 6.45) is 1.35. The van der Waals surface area contributed by atoms with Gasteiger partial charge in [-0.05, 0) is 18.6 Å². The van der Waals surface area contributed by atoms with Crippen molar-refractivity contribution >= 4 is 46.0 Å². The summed E-state index contributed by atoms with van der Waals surface area (Å²) in [4.78, 5) is 23.8. The molecule has 0 aliphatic carbocycles. The van der Waals surface area contributed by atoms with E-state index in [9.17, 15) is 20.0 Å². The molecule has 1 aliphatic rings. The Bertz CT molecular complexity index is 642. The van der Waals surface area contributed by atoms with Crippen LogP contribution in [0.15, 0.2) is 23.1 Å². The molecule has 104 valence electrons. The molecular formula is C12H9N2O4S2-. The smallest absolute Gasteiger partial charge is 0.269 e. The number of thioether (sulfide) groups is 1. The van der Waals surface area contributed by atoms with Crippen LogP contribution in [0, 0.1) is 10.1 Å². The Labute approximate surface area is 124 Å². The minimum atomic E-state index is -0.589. The van der Waals surface area contributed by atoms with E-state index in [1.54, 1.807) is 6.92 Å². The number of amides is 1. The van der Waals surface area contributed by atoms with Gasteiger partial charge in [0.1, 0.15) is 4.32 Å². The highest BCUT2D eigenvalue weighted by Gasteiger charge is 2.30. The maximum absolute atomic E-state index is 12.0. The lowest BCUT2D eigenvalue weighted by Crippen LogP contribution is -2.27. The molecule has 0 atom stereocenters. The molecule has 0 aromatic heterocycles. The van der Waals surface area contributed by atoms with Crippen LogP contribution >= 0.6 is 24.0 Å². The first-order valence-electron chi connectivity index (χ1n) is 5.65. The van der Waals surface area contributed by atoms with Crippen LogP contribution in [0.25, 0.3) is 6.08 Å². The van der Waals surface area contributed by atoms with E-state index in [0.29, 0.717) is 15.8 Å². The monoisotopic (exact) mass is 309 g/mol. The van der Waals surface area contributed by atoms with Crippen LogP contribution in [-0.2, 0) is 4.79 Å². The van der Waals surface area contributed by atoms with Crippen LogP contribution in [0.3, 0.4) is 0 Å². The normalized spacial score (nSPS) is 17.1. The van der Waals surface area contributed by atoms with Crippen LogP contribution in [0.4, 0.5) is 5.69 Å². The van der Waals surface area contributed by atoms with Crippen molar-refractivity contribution in [3.05, 3.63) is 38.8 Å². The molecule has 0 bridgehead atoms. The SMILES string of the molecule is CCN1C(=O)/C(=C/c2cc([N+](=O)[O-])ccc2[O-])SC1=S. The molecule has 1 aliphatic heterocycles. The summed E-state index contributed by atoms with van der Waals surface area (Å²) in [7, 11) is 0. The topological polar surface area (TPSA) is 86.5 Å². The fourth-order valence-electron chi connectivity index (χ4n) is 1.68. The molecule has 8 heteroatoms. The Morgan fingerprint density at radius 1 is 1.50 bits per heavy atom. The lowest BCUT2D eigenvalue weighted by Gasteiger charge is -2.11. The molecule has 1 saturated heterocycles. The predicted octanol–water partition coefficient (Wildman–Crippen LogP) is 1.89. The number of nitrogens with zero attached hydrogens (tertiary/aromatic N) is 2. The highest BCUT2D eigenvalue weighted by atomic mass is 32.2. The molecule has 0 unspecified atom stereocenters. The first-order chi connectivity index (χ1) is 9.43. The Balaban J connectivity index is 2.41. The largest absolute Gasteiger partial charge is 0.872 e. The number of thiocarbonyl (C=S) groups is 1. The van der Waals surface area contributed by atoms with Crippen LogP contribution < -0.4 is 5.11 Å². The third kappa shape index (κ3) is 2.66. The third-order valence-corrected chi connectivity index (χ3v) is 4.06. The zero-order chi connectivity index (χ0) is 14.9. The van der Waals surface area contributed by atoms with Gasteiger partial charge in [0.25, 0.3) is 11.6 Å². The molecule has 2 rings (SSSR count). The van der Waals surface area contributed by atoms with E-state index in [2.05, 4.69) is 0 Å². The van der Waals surface area contributed by atoms with Crippen molar-refractivity contribution in [2.75, 3.05) is 6.54 Å². The minimum Gasteiger partial charge on any atom is -0.872 e. The molecule has 1 amide bonds. The number of likely N-dealkylation sites (N-methyl/N-ethyl adjacent to an activating group) is 1. The van der Waals surface area contributed by atoms with Gasteiger partial charge in [-0.3, -0.25) is 19.8 Å². The van der Waals surface area contributed by atoms with Gasteiger partial charge in [0.05, 0.1) is 9.83 Å². The Kier molecular flexibility index (Phi) is 4.05. The fraction of sp³-hybridized carbons (Fsp3) is 0.167. The van der Waals surface area contributed by atoms with Crippen LogP contribution in [0.5, 0.6) is 5.75 Å². The summed E-state index contributed by atoms with van der Waals surface area (Å²) >= 11 is 6.14. The van der Waals surface area contributed by atoms with Gasteiger partial charge in [-0.25, -0.2) is 0 Å². The second-order valence-corrected chi connectivity index (χ2v) is 5.58. The van der Waals surface area contributed by atoms with Crippen LogP contribution in [0.1, 0.15) is 12.5 Å². The second-order valence-electron chi connectivity index (χ2n) is 3.91. The van der Waals surface area contributed by atoms with Gasteiger partial charge in [0.15, 0.2) is 0 Å². The van der Waals surface area contributed by atoms with E-state index in [1.807, 2.05) is 0 Å². The average molecular weight is 309 g/mol. The Hall–Kier alpha value is -1.93. The molecule has 1 fully saturated rings. The maximum atomic E-state index is 12.0. The lowest BCUT2D eigenvalue weighted by molar-refractivity contribution is -0.385. The quantitative estimate of drug-likeness (QED) is 0.367. The van der Waals surface area contributed by atoms with Gasteiger partial charge in [0.2, 0.25) is 0 Å². The van der Waals surface area contributed by atoms with E-state index < -0.39 is 4.92 Å². The zero-order valence-electron chi connectivity index (χ0n) is 10.4. The predicted molar refractivity (Wildman–Crippen MR) is 78.1 cm³/mol. The number of nitro groups is 1. The summed E-state index contributed by atoms with van der Waals surface area (Å²) in [6, 6.07) is 3.41. The number of carbonyl (C=O) groups excluding carboxylic acids is 1. The van der Waals surface area contributed by atoms with Crippen LogP contribution in [-0.4, -0.2) is 26.6 Å². The van der Waals surface area contributed by atoms with Crippen molar-refractivity contribution in [2.45, 2.75) is 6.92 Å². The highest BCUT2D eigenvalue weighted by Crippen LogP contribution is 2.34. The summed E-state index contributed by atoms with van der Waals surface area (Å²) < 4.78 is 0.418. The number of hydrogen-bond acceptors (Lipinski definition) is 6. The number of nitro benzene ring substituents is 1. The molecule has 20 heavy (non-hydrogen) atoms.